The average Bonchev–Trinajstić information content (AvgIpc) is 3.33. The number of hydrogen-bond acceptors (Lipinski definition) is 1. The van der Waals surface area contributed by atoms with Crippen molar-refractivity contribution in [2.24, 2.45) is 0 Å². The Morgan fingerprint density at radius 3 is 1.40 bits per heavy atom. The Hall–Kier alpha value is -5.14. The van der Waals surface area contributed by atoms with Crippen LogP contribution in [0.2, 0.25) is 0 Å². The predicted molar refractivity (Wildman–Crippen MR) is 169 cm³/mol. The van der Waals surface area contributed by atoms with Gasteiger partial charge in [-0.3, -0.25) is 0 Å². The van der Waals surface area contributed by atoms with Gasteiger partial charge in [0.15, 0.2) is 0 Å². The van der Waals surface area contributed by atoms with Crippen molar-refractivity contribution < 1.29 is 0 Å². The first-order valence-corrected chi connectivity index (χ1v) is 13.7. The lowest BCUT2D eigenvalue weighted by atomic mass is 9.67. The van der Waals surface area contributed by atoms with Crippen LogP contribution >= 0.6 is 0 Å². The number of rotatable bonds is 6. The Morgan fingerprint density at radius 1 is 0.450 bits per heavy atom. The largest absolute Gasteiger partial charge is 0.310 e. The first kappa shape index (κ1) is 23.9. The third-order valence-corrected chi connectivity index (χ3v) is 8.08. The van der Waals surface area contributed by atoms with E-state index in [1.807, 2.05) is 6.08 Å². The number of fused-ring (bicyclic) bond motifs is 3. The zero-order valence-corrected chi connectivity index (χ0v) is 22.2. The molecule has 1 heteroatoms. The van der Waals surface area contributed by atoms with Gasteiger partial charge in [0.2, 0.25) is 0 Å². The van der Waals surface area contributed by atoms with Gasteiger partial charge in [-0.05, 0) is 81.4 Å². The summed E-state index contributed by atoms with van der Waals surface area (Å²) < 4.78 is 0. The van der Waals surface area contributed by atoms with E-state index in [2.05, 4.69) is 169 Å². The van der Waals surface area contributed by atoms with Gasteiger partial charge < -0.3 is 4.90 Å². The zero-order chi connectivity index (χ0) is 26.9. The standard InChI is InChI=1S/C39H29N/c1-2-29-23-25-35-36-26-24-34(40(32-19-11-5-12-20-32)33-21-13-6-14-22-33)28-38(36)39(37(35)27-29,30-15-7-3-8-16-30)31-17-9-4-10-18-31/h2-28H,1H2. The van der Waals surface area contributed by atoms with Crippen LogP contribution in [-0.2, 0) is 5.41 Å². The highest BCUT2D eigenvalue weighted by Gasteiger charge is 2.46. The molecule has 7 rings (SSSR count). The third kappa shape index (κ3) is 3.71. The fourth-order valence-corrected chi connectivity index (χ4v) is 6.36. The van der Waals surface area contributed by atoms with Crippen LogP contribution in [0.5, 0.6) is 0 Å². The summed E-state index contributed by atoms with van der Waals surface area (Å²) in [5.74, 6) is 0. The summed E-state index contributed by atoms with van der Waals surface area (Å²) >= 11 is 0. The van der Waals surface area contributed by atoms with Crippen molar-refractivity contribution in [2.75, 3.05) is 4.90 Å². The Kier molecular flexibility index (Phi) is 5.91. The van der Waals surface area contributed by atoms with E-state index in [4.69, 9.17) is 0 Å². The van der Waals surface area contributed by atoms with Crippen molar-refractivity contribution in [3.05, 3.63) is 192 Å². The molecule has 6 aromatic rings. The minimum atomic E-state index is -0.471. The summed E-state index contributed by atoms with van der Waals surface area (Å²) in [4.78, 5) is 2.35. The second-order valence-corrected chi connectivity index (χ2v) is 10.2. The van der Waals surface area contributed by atoms with E-state index in [0.717, 1.165) is 22.6 Å². The highest BCUT2D eigenvalue weighted by molar-refractivity contribution is 5.90. The Labute approximate surface area is 236 Å². The lowest BCUT2D eigenvalue weighted by molar-refractivity contribution is 0.768. The van der Waals surface area contributed by atoms with Crippen LogP contribution in [0.15, 0.2) is 164 Å². The van der Waals surface area contributed by atoms with Crippen LogP contribution in [0.25, 0.3) is 17.2 Å². The van der Waals surface area contributed by atoms with Gasteiger partial charge in [0.1, 0.15) is 0 Å². The lowest BCUT2D eigenvalue weighted by Gasteiger charge is -2.35. The highest BCUT2D eigenvalue weighted by Crippen LogP contribution is 2.57. The average molecular weight is 512 g/mol. The predicted octanol–water partition coefficient (Wildman–Crippen LogP) is 10.2. The molecule has 0 spiro atoms. The number of para-hydroxylation sites is 2. The summed E-state index contributed by atoms with van der Waals surface area (Å²) in [5, 5.41) is 0. The van der Waals surface area contributed by atoms with E-state index in [-0.39, 0.29) is 0 Å². The van der Waals surface area contributed by atoms with Crippen molar-refractivity contribution in [2.45, 2.75) is 5.41 Å². The molecule has 6 aromatic carbocycles. The molecule has 0 radical (unpaired) electrons. The molecule has 1 aliphatic carbocycles. The SMILES string of the molecule is C=Cc1ccc2c(c1)C(c1ccccc1)(c1ccccc1)c1cc(N(c3ccccc3)c3ccccc3)ccc1-2. The molecule has 1 aliphatic rings. The molecule has 0 atom stereocenters. The monoisotopic (exact) mass is 511 g/mol. The minimum absolute atomic E-state index is 0.471. The molecule has 0 heterocycles. The normalized spacial score (nSPS) is 12.8. The van der Waals surface area contributed by atoms with Crippen molar-refractivity contribution in [1.29, 1.82) is 0 Å². The molecular formula is C39H29N. The molecule has 0 aliphatic heterocycles. The number of hydrogen-bond donors (Lipinski definition) is 0. The molecule has 1 nitrogen and oxygen atoms in total. The molecule has 0 saturated heterocycles. The highest BCUT2D eigenvalue weighted by atomic mass is 15.1. The second-order valence-electron chi connectivity index (χ2n) is 10.2. The lowest BCUT2D eigenvalue weighted by Crippen LogP contribution is -2.28. The summed E-state index contributed by atoms with van der Waals surface area (Å²) in [6.45, 7) is 4.10. The van der Waals surface area contributed by atoms with Crippen molar-refractivity contribution >= 4 is 23.1 Å². The molecule has 190 valence electrons. The van der Waals surface area contributed by atoms with Crippen molar-refractivity contribution in [1.82, 2.24) is 0 Å². The molecule has 0 amide bonds. The number of anilines is 3. The quantitative estimate of drug-likeness (QED) is 0.215. The molecule has 0 bridgehead atoms. The van der Waals surface area contributed by atoms with E-state index in [0.29, 0.717) is 0 Å². The molecular weight excluding hydrogens is 482 g/mol. The van der Waals surface area contributed by atoms with Gasteiger partial charge in [0.05, 0.1) is 5.41 Å². The number of nitrogens with zero attached hydrogens (tertiary/aromatic N) is 1. The van der Waals surface area contributed by atoms with Crippen LogP contribution in [0, 0.1) is 0 Å². The van der Waals surface area contributed by atoms with E-state index in [1.54, 1.807) is 0 Å². The molecule has 40 heavy (non-hydrogen) atoms. The maximum atomic E-state index is 4.10. The van der Waals surface area contributed by atoms with Crippen LogP contribution < -0.4 is 4.90 Å². The molecule has 0 N–H and O–H groups in total. The van der Waals surface area contributed by atoms with Gasteiger partial charge in [-0.1, -0.05) is 128 Å². The molecule has 0 saturated carbocycles. The second kappa shape index (κ2) is 9.87. The van der Waals surface area contributed by atoms with E-state index in [1.165, 1.54) is 33.4 Å². The first-order chi connectivity index (χ1) is 19.8. The Morgan fingerprint density at radius 2 is 0.900 bits per heavy atom. The maximum Gasteiger partial charge on any atom is 0.0714 e. The van der Waals surface area contributed by atoms with Gasteiger partial charge >= 0.3 is 0 Å². The van der Waals surface area contributed by atoms with Gasteiger partial charge in [0, 0.05) is 17.1 Å². The van der Waals surface area contributed by atoms with Crippen LogP contribution in [-0.4, -0.2) is 0 Å². The molecule has 0 fully saturated rings. The van der Waals surface area contributed by atoms with Crippen molar-refractivity contribution in [3.8, 4) is 11.1 Å². The molecule has 0 aromatic heterocycles. The van der Waals surface area contributed by atoms with Crippen LogP contribution in [0.1, 0.15) is 27.8 Å². The smallest absolute Gasteiger partial charge is 0.0714 e. The maximum absolute atomic E-state index is 4.10. The summed E-state index contributed by atoms with van der Waals surface area (Å²) in [5.41, 5.74) is 11.7. The summed E-state index contributed by atoms with van der Waals surface area (Å²) in [6.07, 6.45) is 1.95. The topological polar surface area (TPSA) is 3.24 Å². The van der Waals surface area contributed by atoms with E-state index in [9.17, 15) is 0 Å². The minimum Gasteiger partial charge on any atom is -0.310 e. The Balaban J connectivity index is 1.57. The van der Waals surface area contributed by atoms with Gasteiger partial charge in [-0.15, -0.1) is 0 Å². The third-order valence-electron chi connectivity index (χ3n) is 8.08. The number of benzene rings is 6. The summed E-state index contributed by atoms with van der Waals surface area (Å²) in [6, 6.07) is 56.9. The van der Waals surface area contributed by atoms with E-state index >= 15 is 0 Å². The van der Waals surface area contributed by atoms with Crippen LogP contribution in [0.4, 0.5) is 17.1 Å². The zero-order valence-electron chi connectivity index (χ0n) is 22.2. The van der Waals surface area contributed by atoms with Gasteiger partial charge in [0.25, 0.3) is 0 Å². The van der Waals surface area contributed by atoms with E-state index < -0.39 is 5.41 Å². The van der Waals surface area contributed by atoms with Crippen molar-refractivity contribution in [3.63, 3.8) is 0 Å². The molecule has 0 unspecified atom stereocenters. The fourth-order valence-electron chi connectivity index (χ4n) is 6.36. The van der Waals surface area contributed by atoms with Gasteiger partial charge in [-0.2, -0.15) is 0 Å². The van der Waals surface area contributed by atoms with Gasteiger partial charge in [-0.25, -0.2) is 0 Å². The van der Waals surface area contributed by atoms with Crippen LogP contribution in [0.3, 0.4) is 0 Å². The summed E-state index contributed by atoms with van der Waals surface area (Å²) in [7, 11) is 0. The Bertz CT molecular complexity index is 1710. The fraction of sp³-hybridized carbons (Fsp3) is 0.0256. The first-order valence-electron chi connectivity index (χ1n) is 13.7.